The third-order valence-electron chi connectivity index (χ3n) is 8.66. The Kier molecular flexibility index (Phi) is 5.20. The zero-order valence-electron chi connectivity index (χ0n) is 23.1. The van der Waals surface area contributed by atoms with Crippen LogP contribution in [0.2, 0.25) is 0 Å². The standard InChI is InChI=1S/C39H28N2/c1-39(2)33-14-7-6-13-31(33)32-20-17-29(24-34(32)39)28-11-8-12-30(23-28)36-22-19-27-16-15-26-18-21-35(25-9-4-3-5-10-25)40-37(26)38(27)41-36/h3-24H,1-2H3. The van der Waals surface area contributed by atoms with Crippen LogP contribution in [0.4, 0.5) is 0 Å². The van der Waals surface area contributed by atoms with Gasteiger partial charge < -0.3 is 0 Å². The monoisotopic (exact) mass is 524 g/mol. The minimum Gasteiger partial charge on any atom is -0.245 e. The van der Waals surface area contributed by atoms with E-state index in [-0.39, 0.29) is 5.41 Å². The molecular formula is C39H28N2. The Balaban J connectivity index is 1.22. The van der Waals surface area contributed by atoms with Crippen molar-refractivity contribution >= 4 is 21.8 Å². The number of aromatic nitrogens is 2. The Morgan fingerprint density at radius 2 is 0.976 bits per heavy atom. The van der Waals surface area contributed by atoms with E-state index in [2.05, 4.69) is 141 Å². The molecule has 2 heterocycles. The summed E-state index contributed by atoms with van der Waals surface area (Å²) >= 11 is 0. The lowest BCUT2D eigenvalue weighted by atomic mass is 9.81. The highest BCUT2D eigenvalue weighted by molar-refractivity contribution is 6.04. The van der Waals surface area contributed by atoms with Crippen molar-refractivity contribution in [3.05, 3.63) is 145 Å². The van der Waals surface area contributed by atoms with Crippen molar-refractivity contribution in [2.75, 3.05) is 0 Å². The molecule has 0 aliphatic heterocycles. The van der Waals surface area contributed by atoms with Crippen LogP contribution in [0.25, 0.3) is 66.6 Å². The normalized spacial score (nSPS) is 13.3. The molecule has 0 saturated carbocycles. The fraction of sp³-hybridized carbons (Fsp3) is 0.0769. The third-order valence-corrected chi connectivity index (χ3v) is 8.66. The SMILES string of the molecule is CC1(C)c2ccccc2-c2ccc(-c3cccc(-c4ccc5ccc6ccc(-c7ccccc7)nc6c5n4)c3)cc21. The topological polar surface area (TPSA) is 25.8 Å². The first-order valence-corrected chi connectivity index (χ1v) is 14.2. The first-order valence-electron chi connectivity index (χ1n) is 14.2. The second kappa shape index (κ2) is 8.97. The molecule has 0 amide bonds. The summed E-state index contributed by atoms with van der Waals surface area (Å²) in [5.74, 6) is 0. The van der Waals surface area contributed by atoms with Gasteiger partial charge in [-0.05, 0) is 57.6 Å². The predicted octanol–water partition coefficient (Wildman–Crippen LogP) is 10.1. The van der Waals surface area contributed by atoms with Crippen LogP contribution >= 0.6 is 0 Å². The summed E-state index contributed by atoms with van der Waals surface area (Å²) in [6.45, 7) is 4.66. The molecule has 0 N–H and O–H groups in total. The van der Waals surface area contributed by atoms with Gasteiger partial charge in [-0.15, -0.1) is 0 Å². The van der Waals surface area contributed by atoms with Crippen molar-refractivity contribution in [3.63, 3.8) is 0 Å². The van der Waals surface area contributed by atoms with Crippen LogP contribution < -0.4 is 0 Å². The maximum atomic E-state index is 5.19. The summed E-state index contributed by atoms with van der Waals surface area (Å²) in [6, 6.07) is 47.6. The summed E-state index contributed by atoms with van der Waals surface area (Å²) in [4.78, 5) is 10.3. The van der Waals surface area contributed by atoms with Crippen LogP contribution in [0.5, 0.6) is 0 Å². The van der Waals surface area contributed by atoms with Crippen LogP contribution in [0.15, 0.2) is 133 Å². The maximum Gasteiger partial charge on any atom is 0.0972 e. The smallest absolute Gasteiger partial charge is 0.0972 e. The molecule has 0 atom stereocenters. The molecule has 8 rings (SSSR count). The predicted molar refractivity (Wildman–Crippen MR) is 171 cm³/mol. The fourth-order valence-electron chi connectivity index (χ4n) is 6.44. The zero-order chi connectivity index (χ0) is 27.6. The van der Waals surface area contributed by atoms with Crippen LogP contribution in [0, 0.1) is 0 Å². The first-order chi connectivity index (χ1) is 20.1. The van der Waals surface area contributed by atoms with Crippen molar-refractivity contribution in [1.82, 2.24) is 9.97 Å². The summed E-state index contributed by atoms with van der Waals surface area (Å²) < 4.78 is 0. The Morgan fingerprint density at radius 3 is 1.73 bits per heavy atom. The van der Waals surface area contributed by atoms with E-state index in [1.165, 1.54) is 33.4 Å². The second-order valence-electron chi connectivity index (χ2n) is 11.5. The third kappa shape index (κ3) is 3.79. The van der Waals surface area contributed by atoms with Gasteiger partial charge in [-0.2, -0.15) is 0 Å². The Bertz CT molecular complexity index is 2120. The number of pyridine rings is 2. The number of rotatable bonds is 3. The molecule has 194 valence electrons. The van der Waals surface area contributed by atoms with Crippen LogP contribution in [-0.4, -0.2) is 9.97 Å². The van der Waals surface area contributed by atoms with E-state index < -0.39 is 0 Å². The van der Waals surface area contributed by atoms with Crippen molar-refractivity contribution in [3.8, 4) is 44.8 Å². The van der Waals surface area contributed by atoms with E-state index in [9.17, 15) is 0 Å². The number of nitrogens with zero attached hydrogens (tertiary/aromatic N) is 2. The van der Waals surface area contributed by atoms with Gasteiger partial charge in [-0.25, -0.2) is 9.97 Å². The number of benzene rings is 5. The minimum absolute atomic E-state index is 0.0217. The molecular weight excluding hydrogens is 496 g/mol. The van der Waals surface area contributed by atoms with E-state index in [4.69, 9.17) is 9.97 Å². The molecule has 2 aromatic heterocycles. The highest BCUT2D eigenvalue weighted by Crippen LogP contribution is 2.49. The van der Waals surface area contributed by atoms with Crippen molar-refractivity contribution in [2.24, 2.45) is 0 Å². The zero-order valence-corrected chi connectivity index (χ0v) is 23.1. The summed E-state index contributed by atoms with van der Waals surface area (Å²) in [6.07, 6.45) is 0. The van der Waals surface area contributed by atoms with Gasteiger partial charge in [0.2, 0.25) is 0 Å². The Labute approximate surface area is 240 Å². The molecule has 0 saturated heterocycles. The van der Waals surface area contributed by atoms with E-state index >= 15 is 0 Å². The van der Waals surface area contributed by atoms with Gasteiger partial charge in [-0.1, -0.05) is 123 Å². The molecule has 2 heteroatoms. The van der Waals surface area contributed by atoms with Gasteiger partial charge in [0.1, 0.15) is 0 Å². The fourth-order valence-corrected chi connectivity index (χ4v) is 6.44. The van der Waals surface area contributed by atoms with Crippen LogP contribution in [0.1, 0.15) is 25.0 Å². The van der Waals surface area contributed by atoms with E-state index in [1.54, 1.807) is 0 Å². The van der Waals surface area contributed by atoms with Gasteiger partial charge >= 0.3 is 0 Å². The summed E-state index contributed by atoms with van der Waals surface area (Å²) in [5, 5.41) is 2.19. The quantitative estimate of drug-likeness (QED) is 0.215. The van der Waals surface area contributed by atoms with Crippen LogP contribution in [0.3, 0.4) is 0 Å². The highest BCUT2D eigenvalue weighted by Gasteiger charge is 2.35. The molecule has 0 fully saturated rings. The van der Waals surface area contributed by atoms with Gasteiger partial charge in [0.15, 0.2) is 0 Å². The van der Waals surface area contributed by atoms with E-state index in [0.717, 1.165) is 44.3 Å². The van der Waals surface area contributed by atoms with Crippen molar-refractivity contribution in [1.29, 1.82) is 0 Å². The van der Waals surface area contributed by atoms with Gasteiger partial charge in [0, 0.05) is 27.3 Å². The first kappa shape index (κ1) is 23.8. The molecule has 7 aromatic rings. The lowest BCUT2D eigenvalue weighted by molar-refractivity contribution is 0.660. The summed E-state index contributed by atoms with van der Waals surface area (Å²) in [7, 11) is 0. The molecule has 0 bridgehead atoms. The number of fused-ring (bicyclic) bond motifs is 6. The van der Waals surface area contributed by atoms with Crippen molar-refractivity contribution < 1.29 is 0 Å². The average Bonchev–Trinajstić information content (AvgIpc) is 3.27. The molecule has 5 aromatic carbocycles. The van der Waals surface area contributed by atoms with Crippen LogP contribution in [-0.2, 0) is 5.41 Å². The Hall–Kier alpha value is -5.08. The number of hydrogen-bond acceptors (Lipinski definition) is 2. The minimum atomic E-state index is -0.0217. The lowest BCUT2D eigenvalue weighted by Crippen LogP contribution is -2.14. The molecule has 0 radical (unpaired) electrons. The maximum absolute atomic E-state index is 5.19. The molecule has 1 aliphatic carbocycles. The average molecular weight is 525 g/mol. The highest BCUT2D eigenvalue weighted by atomic mass is 14.8. The molecule has 0 spiro atoms. The largest absolute Gasteiger partial charge is 0.245 e. The number of hydrogen-bond donors (Lipinski definition) is 0. The molecule has 2 nitrogen and oxygen atoms in total. The lowest BCUT2D eigenvalue weighted by Gasteiger charge is -2.22. The summed E-state index contributed by atoms with van der Waals surface area (Å²) in [5.41, 5.74) is 13.9. The van der Waals surface area contributed by atoms with Crippen molar-refractivity contribution in [2.45, 2.75) is 19.3 Å². The van der Waals surface area contributed by atoms with E-state index in [0.29, 0.717) is 0 Å². The van der Waals surface area contributed by atoms with Gasteiger partial charge in [0.25, 0.3) is 0 Å². The second-order valence-corrected chi connectivity index (χ2v) is 11.5. The van der Waals surface area contributed by atoms with Gasteiger partial charge in [-0.3, -0.25) is 0 Å². The molecule has 41 heavy (non-hydrogen) atoms. The Morgan fingerprint density at radius 1 is 0.415 bits per heavy atom. The molecule has 1 aliphatic rings. The van der Waals surface area contributed by atoms with Gasteiger partial charge in [0.05, 0.1) is 22.4 Å². The van der Waals surface area contributed by atoms with E-state index in [1.807, 2.05) is 6.07 Å². The molecule has 0 unspecified atom stereocenters.